The summed E-state index contributed by atoms with van der Waals surface area (Å²) in [6, 6.07) is 10.7. The Morgan fingerprint density at radius 3 is 2.49 bits per heavy atom. The van der Waals surface area contributed by atoms with Crippen molar-refractivity contribution in [1.82, 2.24) is 29.7 Å². The van der Waals surface area contributed by atoms with E-state index in [1.54, 1.807) is 24.7 Å². The third-order valence-corrected chi connectivity index (χ3v) is 7.11. The third kappa shape index (κ3) is 4.84. The van der Waals surface area contributed by atoms with E-state index in [2.05, 4.69) is 30.1 Å². The normalized spacial score (nSPS) is 16.4. The summed E-state index contributed by atoms with van der Waals surface area (Å²) in [6.07, 6.45) is 7.20. The molecule has 0 bridgehead atoms. The summed E-state index contributed by atoms with van der Waals surface area (Å²) in [6.45, 7) is 6.33. The maximum absolute atomic E-state index is 14.3. The largest absolute Gasteiger partial charge is 0.367 e. The zero-order valence-electron chi connectivity index (χ0n) is 20.6. The standard InChI is InChI=1S/C27H29FN8O/c28-22-3-4-24(23(16-22)21-17-31-27(32-18-21)35-10-7-29-8-11-35)33-12-14-34(15-13-33)25(37)19-36-9-5-20-2-1-6-30-26(20)36/h1-6,9,16-18,29H,7-8,10-15,19H2. The number of carbonyl (C=O) groups excluding carboxylic acids is 1. The van der Waals surface area contributed by atoms with Gasteiger partial charge in [-0.2, -0.15) is 0 Å². The summed E-state index contributed by atoms with van der Waals surface area (Å²) >= 11 is 0. The van der Waals surface area contributed by atoms with Gasteiger partial charge >= 0.3 is 0 Å². The number of rotatable bonds is 5. The van der Waals surface area contributed by atoms with E-state index in [1.165, 1.54) is 6.07 Å². The number of carbonyl (C=O) groups is 1. The molecule has 5 heterocycles. The smallest absolute Gasteiger partial charge is 0.242 e. The number of piperazine rings is 2. The molecule has 0 aliphatic carbocycles. The lowest BCUT2D eigenvalue weighted by Gasteiger charge is -2.37. The molecule has 1 amide bonds. The number of aromatic nitrogens is 4. The van der Waals surface area contributed by atoms with Crippen LogP contribution in [0.25, 0.3) is 22.2 Å². The molecule has 10 heteroatoms. The lowest BCUT2D eigenvalue weighted by atomic mass is 10.0. The summed E-state index contributed by atoms with van der Waals surface area (Å²) < 4.78 is 16.2. The summed E-state index contributed by atoms with van der Waals surface area (Å²) in [5, 5.41) is 4.35. The highest BCUT2D eigenvalue weighted by atomic mass is 19.1. The monoisotopic (exact) mass is 500 g/mol. The van der Waals surface area contributed by atoms with Crippen LogP contribution in [0, 0.1) is 5.82 Å². The quantitative estimate of drug-likeness (QED) is 0.451. The van der Waals surface area contributed by atoms with Crippen LogP contribution in [0.3, 0.4) is 0 Å². The Hall–Kier alpha value is -4.05. The van der Waals surface area contributed by atoms with Crippen LogP contribution in [0.5, 0.6) is 0 Å². The predicted octanol–water partition coefficient (Wildman–Crippen LogP) is 2.39. The molecule has 0 radical (unpaired) electrons. The minimum absolute atomic E-state index is 0.0686. The zero-order chi connectivity index (χ0) is 25.2. The van der Waals surface area contributed by atoms with Crippen LogP contribution in [0.1, 0.15) is 0 Å². The Morgan fingerprint density at radius 2 is 1.70 bits per heavy atom. The number of nitrogens with zero attached hydrogens (tertiary/aromatic N) is 7. The molecule has 3 aromatic heterocycles. The first kappa shape index (κ1) is 23.4. The van der Waals surface area contributed by atoms with Crippen molar-refractivity contribution in [2.24, 2.45) is 0 Å². The van der Waals surface area contributed by atoms with Crippen molar-refractivity contribution in [3.8, 4) is 11.1 Å². The van der Waals surface area contributed by atoms with Crippen molar-refractivity contribution in [2.45, 2.75) is 6.54 Å². The van der Waals surface area contributed by atoms with Crippen LogP contribution in [0.15, 0.2) is 61.2 Å². The SMILES string of the molecule is O=C(Cn1ccc2cccnc21)N1CCN(c2ccc(F)cc2-c2cnc(N3CCNCC3)nc2)CC1. The number of fused-ring (bicyclic) bond motifs is 1. The van der Waals surface area contributed by atoms with E-state index in [1.807, 2.05) is 39.9 Å². The molecule has 9 nitrogen and oxygen atoms in total. The van der Waals surface area contributed by atoms with Gasteiger partial charge in [0.05, 0.1) is 0 Å². The van der Waals surface area contributed by atoms with Gasteiger partial charge in [0.2, 0.25) is 11.9 Å². The molecule has 1 N–H and O–H groups in total. The van der Waals surface area contributed by atoms with Crippen LogP contribution in [0.4, 0.5) is 16.0 Å². The molecule has 0 atom stereocenters. The minimum atomic E-state index is -0.300. The van der Waals surface area contributed by atoms with Crippen LogP contribution >= 0.6 is 0 Å². The highest BCUT2D eigenvalue weighted by molar-refractivity contribution is 5.82. The first-order valence-corrected chi connectivity index (χ1v) is 12.7. The molecule has 2 aliphatic heterocycles. The second-order valence-electron chi connectivity index (χ2n) is 9.40. The van der Waals surface area contributed by atoms with Gasteiger partial charge in [-0.1, -0.05) is 0 Å². The second kappa shape index (κ2) is 10.1. The summed E-state index contributed by atoms with van der Waals surface area (Å²) in [4.78, 5) is 32.8. The summed E-state index contributed by atoms with van der Waals surface area (Å²) in [5.41, 5.74) is 3.28. The van der Waals surface area contributed by atoms with E-state index in [9.17, 15) is 9.18 Å². The Balaban J connectivity index is 1.15. The lowest BCUT2D eigenvalue weighted by molar-refractivity contribution is -0.132. The Labute approximate surface area is 214 Å². The highest BCUT2D eigenvalue weighted by Gasteiger charge is 2.24. The number of amides is 1. The van der Waals surface area contributed by atoms with E-state index >= 15 is 0 Å². The van der Waals surface area contributed by atoms with Crippen molar-refractivity contribution >= 4 is 28.6 Å². The maximum atomic E-state index is 14.3. The van der Waals surface area contributed by atoms with Crippen molar-refractivity contribution in [3.63, 3.8) is 0 Å². The molecule has 2 saturated heterocycles. The molecule has 6 rings (SSSR count). The fourth-order valence-electron chi connectivity index (χ4n) is 5.09. The van der Waals surface area contributed by atoms with E-state index in [0.717, 1.165) is 54.0 Å². The van der Waals surface area contributed by atoms with Gasteiger partial charge in [-0.3, -0.25) is 4.79 Å². The van der Waals surface area contributed by atoms with Gasteiger partial charge in [0, 0.05) is 99.3 Å². The molecule has 0 saturated carbocycles. The fraction of sp³-hybridized carbons (Fsp3) is 0.333. The third-order valence-electron chi connectivity index (χ3n) is 7.11. The molecule has 2 aliphatic rings. The van der Waals surface area contributed by atoms with Gasteiger partial charge in [0.25, 0.3) is 0 Å². The molecule has 0 spiro atoms. The number of anilines is 2. The Bertz CT molecular complexity index is 1390. The predicted molar refractivity (Wildman–Crippen MR) is 141 cm³/mol. The van der Waals surface area contributed by atoms with Gasteiger partial charge in [-0.15, -0.1) is 0 Å². The summed E-state index contributed by atoms with van der Waals surface area (Å²) in [7, 11) is 0. The van der Waals surface area contributed by atoms with Crippen molar-refractivity contribution < 1.29 is 9.18 Å². The number of hydrogen-bond acceptors (Lipinski definition) is 7. The van der Waals surface area contributed by atoms with Gasteiger partial charge in [-0.05, 0) is 36.4 Å². The molecule has 37 heavy (non-hydrogen) atoms. The average molecular weight is 501 g/mol. The van der Waals surface area contributed by atoms with E-state index < -0.39 is 0 Å². The van der Waals surface area contributed by atoms with Crippen molar-refractivity contribution in [2.75, 3.05) is 62.2 Å². The Kier molecular flexibility index (Phi) is 6.40. The second-order valence-corrected chi connectivity index (χ2v) is 9.40. The van der Waals surface area contributed by atoms with Crippen LogP contribution in [-0.2, 0) is 11.3 Å². The van der Waals surface area contributed by atoms with Crippen LogP contribution in [-0.4, -0.2) is 82.7 Å². The van der Waals surface area contributed by atoms with Crippen LogP contribution < -0.4 is 15.1 Å². The summed E-state index contributed by atoms with van der Waals surface area (Å²) in [5.74, 6) is 0.464. The molecule has 2 fully saturated rings. The average Bonchev–Trinajstić information content (AvgIpc) is 3.36. The first-order valence-electron chi connectivity index (χ1n) is 12.7. The highest BCUT2D eigenvalue weighted by Crippen LogP contribution is 2.32. The number of pyridine rings is 1. The Morgan fingerprint density at radius 1 is 0.919 bits per heavy atom. The molecule has 0 unspecified atom stereocenters. The number of halogens is 1. The lowest BCUT2D eigenvalue weighted by Crippen LogP contribution is -2.49. The van der Waals surface area contributed by atoms with Gasteiger partial charge in [-0.25, -0.2) is 19.3 Å². The number of nitrogens with one attached hydrogen (secondary N) is 1. The fourth-order valence-corrected chi connectivity index (χ4v) is 5.09. The number of benzene rings is 1. The van der Waals surface area contributed by atoms with Crippen LogP contribution in [0.2, 0.25) is 0 Å². The van der Waals surface area contributed by atoms with Gasteiger partial charge in [0.15, 0.2) is 0 Å². The molecular formula is C27H29FN8O. The topological polar surface area (TPSA) is 82.4 Å². The first-order chi connectivity index (χ1) is 18.2. The zero-order valence-corrected chi connectivity index (χ0v) is 20.6. The maximum Gasteiger partial charge on any atom is 0.242 e. The van der Waals surface area contributed by atoms with Gasteiger partial charge < -0.3 is 24.6 Å². The molecule has 190 valence electrons. The van der Waals surface area contributed by atoms with E-state index in [4.69, 9.17) is 0 Å². The van der Waals surface area contributed by atoms with Crippen molar-refractivity contribution in [3.05, 3.63) is 67.0 Å². The molecular weight excluding hydrogens is 471 g/mol. The molecule has 1 aromatic carbocycles. The van der Waals surface area contributed by atoms with E-state index in [-0.39, 0.29) is 18.3 Å². The molecule has 4 aromatic rings. The van der Waals surface area contributed by atoms with E-state index in [0.29, 0.717) is 32.1 Å². The van der Waals surface area contributed by atoms with Crippen molar-refractivity contribution in [1.29, 1.82) is 0 Å². The van der Waals surface area contributed by atoms with Gasteiger partial charge in [0.1, 0.15) is 18.0 Å². The minimum Gasteiger partial charge on any atom is -0.367 e. The number of hydrogen-bond donors (Lipinski definition) is 1.